The van der Waals surface area contributed by atoms with Crippen molar-refractivity contribution in [1.82, 2.24) is 0 Å². The molecule has 3 rings (SSSR count). The van der Waals surface area contributed by atoms with E-state index in [2.05, 4.69) is 29.3 Å². The standard InChI is InChI=1S/C14H11ClN2S2.BF4/c1-8-7-12(9(2)16-8)14-18-13(17-19-14)10-3-5-11(15)6-4-10;2-1(3,4)5/h3-7H,1-2H3;/q;-1/p+1/b14-12-;. The van der Waals surface area contributed by atoms with Gasteiger partial charge in [-0.1, -0.05) is 35.5 Å². The zero-order valence-corrected chi connectivity index (χ0v) is 15.0. The van der Waals surface area contributed by atoms with Crippen LogP contribution < -0.4 is 4.99 Å². The molecule has 0 saturated heterocycles. The SMILES string of the molecule is CC1=C/C(=C2/SN=C(c3ccc(Cl)cc3)S2)C(C)=[NH+]1.F[B-](F)(F)F. The lowest BCUT2D eigenvalue weighted by molar-refractivity contribution is -0.392. The van der Waals surface area contributed by atoms with Crippen molar-refractivity contribution < 1.29 is 22.3 Å². The third-order valence-corrected chi connectivity index (χ3v) is 5.29. The fourth-order valence-electron chi connectivity index (χ4n) is 1.95. The summed E-state index contributed by atoms with van der Waals surface area (Å²) in [4.78, 5) is 3.33. The van der Waals surface area contributed by atoms with E-state index < -0.39 is 7.25 Å². The molecule has 1 aromatic rings. The fourth-order valence-corrected chi connectivity index (χ4v) is 4.17. The van der Waals surface area contributed by atoms with Crippen molar-refractivity contribution in [3.05, 3.63) is 56.4 Å². The van der Waals surface area contributed by atoms with Gasteiger partial charge in [0.2, 0.25) is 0 Å². The van der Waals surface area contributed by atoms with E-state index >= 15 is 0 Å². The van der Waals surface area contributed by atoms with Crippen LogP contribution in [0.3, 0.4) is 0 Å². The second kappa shape index (κ2) is 7.80. The Labute approximate surface area is 150 Å². The van der Waals surface area contributed by atoms with Gasteiger partial charge in [-0.25, -0.2) is 9.39 Å². The summed E-state index contributed by atoms with van der Waals surface area (Å²) in [6, 6.07) is 7.81. The van der Waals surface area contributed by atoms with Crippen LogP contribution in [0.15, 0.2) is 50.2 Å². The monoisotopic (exact) mass is 394 g/mol. The van der Waals surface area contributed by atoms with Crippen LogP contribution in [-0.4, -0.2) is 18.0 Å². The largest absolute Gasteiger partial charge is 0.673 e. The van der Waals surface area contributed by atoms with Gasteiger partial charge in [0.05, 0.1) is 9.81 Å². The minimum Gasteiger partial charge on any atom is -0.418 e. The number of nitrogens with one attached hydrogen (secondary N) is 1. The minimum absolute atomic E-state index is 0.751. The van der Waals surface area contributed by atoms with E-state index in [9.17, 15) is 17.3 Å². The lowest BCUT2D eigenvalue weighted by atomic mass is 10.2. The molecule has 0 radical (unpaired) electrons. The van der Waals surface area contributed by atoms with Crippen LogP contribution in [-0.2, 0) is 0 Å². The molecule has 0 bridgehead atoms. The van der Waals surface area contributed by atoms with Crippen molar-refractivity contribution in [3.63, 3.8) is 0 Å². The van der Waals surface area contributed by atoms with Crippen molar-refractivity contribution in [2.24, 2.45) is 4.40 Å². The average molecular weight is 395 g/mol. The number of rotatable bonds is 1. The number of hydrogen-bond donors (Lipinski definition) is 1. The van der Waals surface area contributed by atoms with Gasteiger partial charge in [0.15, 0.2) is 11.4 Å². The molecule has 2 aliphatic heterocycles. The van der Waals surface area contributed by atoms with Gasteiger partial charge in [0.1, 0.15) is 5.04 Å². The Morgan fingerprint density at radius 1 is 1.08 bits per heavy atom. The van der Waals surface area contributed by atoms with Gasteiger partial charge in [-0.15, -0.1) is 0 Å². The number of thioether (sulfide) groups is 1. The molecular formula is C14H12BClF4N2S2. The molecule has 2 heterocycles. The molecule has 2 aliphatic rings. The average Bonchev–Trinajstić information content (AvgIpc) is 3.04. The number of nitrogens with zero attached hydrogens (tertiary/aromatic N) is 1. The van der Waals surface area contributed by atoms with E-state index in [4.69, 9.17) is 11.6 Å². The topological polar surface area (TPSA) is 26.3 Å². The maximum atomic E-state index is 9.75. The fraction of sp³-hybridized carbons (Fsp3) is 0.143. The van der Waals surface area contributed by atoms with Crippen molar-refractivity contribution in [3.8, 4) is 0 Å². The summed E-state index contributed by atoms with van der Waals surface area (Å²) >= 11 is 9.17. The molecule has 128 valence electrons. The summed E-state index contributed by atoms with van der Waals surface area (Å²) in [7, 11) is -6.00. The molecule has 2 nitrogen and oxygen atoms in total. The first-order valence-electron chi connectivity index (χ1n) is 6.73. The summed E-state index contributed by atoms with van der Waals surface area (Å²) in [5.41, 5.74) is 4.74. The van der Waals surface area contributed by atoms with Gasteiger partial charge in [-0.05, 0) is 12.1 Å². The van der Waals surface area contributed by atoms with E-state index in [0.29, 0.717) is 0 Å². The molecule has 24 heavy (non-hydrogen) atoms. The molecule has 0 aromatic heterocycles. The first kappa shape index (κ1) is 19.1. The summed E-state index contributed by atoms with van der Waals surface area (Å²) in [5.74, 6) is 0. The second-order valence-corrected chi connectivity index (χ2v) is 7.34. The zero-order chi connectivity index (χ0) is 17.9. The molecule has 0 fully saturated rings. The van der Waals surface area contributed by atoms with E-state index in [-0.39, 0.29) is 0 Å². The van der Waals surface area contributed by atoms with Gasteiger partial charge in [-0.3, -0.25) is 0 Å². The molecule has 1 N–H and O–H groups in total. The first-order chi connectivity index (χ1) is 11.1. The second-order valence-electron chi connectivity index (χ2n) is 4.87. The number of halogens is 5. The Balaban J connectivity index is 0.000000368. The predicted molar refractivity (Wildman–Crippen MR) is 95.8 cm³/mol. The molecule has 0 spiro atoms. The lowest BCUT2D eigenvalue weighted by Gasteiger charge is -1.99. The highest BCUT2D eigenvalue weighted by Gasteiger charge is 2.25. The normalized spacial score (nSPS) is 20.2. The summed E-state index contributed by atoms with van der Waals surface area (Å²) in [6.07, 6.45) is 2.17. The first-order valence-corrected chi connectivity index (χ1v) is 8.70. The Hall–Kier alpha value is -1.19. The Kier molecular flexibility index (Phi) is 6.22. The van der Waals surface area contributed by atoms with Crippen molar-refractivity contribution in [2.45, 2.75) is 13.8 Å². The minimum atomic E-state index is -6.00. The Morgan fingerprint density at radius 2 is 1.67 bits per heavy atom. The molecule has 10 heteroatoms. The van der Waals surface area contributed by atoms with Crippen LogP contribution in [0.2, 0.25) is 5.02 Å². The zero-order valence-electron chi connectivity index (χ0n) is 12.6. The van der Waals surface area contributed by atoms with Crippen LogP contribution in [0.5, 0.6) is 0 Å². The maximum Gasteiger partial charge on any atom is 0.673 e. The van der Waals surface area contributed by atoms with Crippen molar-refractivity contribution >= 4 is 53.3 Å². The predicted octanol–water partition coefficient (Wildman–Crippen LogP) is 4.45. The van der Waals surface area contributed by atoms with E-state index in [0.717, 1.165) is 15.6 Å². The van der Waals surface area contributed by atoms with Gasteiger partial charge < -0.3 is 17.3 Å². The van der Waals surface area contributed by atoms with E-state index in [1.165, 1.54) is 21.2 Å². The smallest absolute Gasteiger partial charge is 0.418 e. The molecule has 0 saturated carbocycles. The quantitative estimate of drug-likeness (QED) is 0.433. The van der Waals surface area contributed by atoms with Gasteiger partial charge in [0.25, 0.3) is 0 Å². The summed E-state index contributed by atoms with van der Waals surface area (Å²) in [6.45, 7) is 4.17. The van der Waals surface area contributed by atoms with Crippen LogP contribution in [0.1, 0.15) is 19.4 Å². The van der Waals surface area contributed by atoms with Crippen LogP contribution in [0.4, 0.5) is 17.3 Å². The maximum absolute atomic E-state index is 9.75. The summed E-state index contributed by atoms with van der Waals surface area (Å²) < 4.78 is 44.8. The molecule has 0 amide bonds. The van der Waals surface area contributed by atoms with Crippen LogP contribution >= 0.6 is 35.3 Å². The van der Waals surface area contributed by atoms with Gasteiger partial charge in [-0.2, -0.15) is 0 Å². The highest BCUT2D eigenvalue weighted by molar-refractivity contribution is 8.32. The highest BCUT2D eigenvalue weighted by atomic mass is 35.5. The molecule has 0 atom stereocenters. The van der Waals surface area contributed by atoms with Gasteiger partial charge in [0, 0.05) is 42.5 Å². The van der Waals surface area contributed by atoms with Crippen molar-refractivity contribution in [1.29, 1.82) is 0 Å². The van der Waals surface area contributed by atoms with Crippen LogP contribution in [0.25, 0.3) is 0 Å². The Morgan fingerprint density at radius 3 is 2.17 bits per heavy atom. The number of hydrogen-bond acceptors (Lipinski definition) is 3. The van der Waals surface area contributed by atoms with Crippen LogP contribution in [0, 0.1) is 0 Å². The molecule has 0 aliphatic carbocycles. The lowest BCUT2D eigenvalue weighted by Crippen LogP contribution is -2.67. The number of benzene rings is 1. The molecule has 0 unspecified atom stereocenters. The third kappa shape index (κ3) is 5.72. The summed E-state index contributed by atoms with van der Waals surface area (Å²) in [5, 5.41) is 1.79. The highest BCUT2D eigenvalue weighted by Crippen LogP contribution is 2.43. The molecule has 1 aromatic carbocycles. The van der Waals surface area contributed by atoms with E-state index in [1.807, 2.05) is 24.3 Å². The van der Waals surface area contributed by atoms with Crippen molar-refractivity contribution in [2.75, 3.05) is 0 Å². The van der Waals surface area contributed by atoms with Gasteiger partial charge >= 0.3 is 7.25 Å². The molecular weight excluding hydrogens is 383 g/mol. The third-order valence-electron chi connectivity index (χ3n) is 2.86. The number of allylic oxidation sites excluding steroid dienone is 3. The van der Waals surface area contributed by atoms with E-state index in [1.54, 1.807) is 23.7 Å². The Bertz CT molecular complexity index is 749.